The van der Waals surface area contributed by atoms with Crippen LogP contribution in [-0.2, 0) is 26.1 Å². The number of anilines is 2. The monoisotopic (exact) mass is 455 g/mol. The summed E-state index contributed by atoms with van der Waals surface area (Å²) in [5.74, 6) is -3.77. The number of halogens is 3. The molecule has 4 aliphatic heterocycles. The van der Waals surface area contributed by atoms with Gasteiger partial charge in [0.2, 0.25) is 17.7 Å². The maximum absolute atomic E-state index is 13.8. The van der Waals surface area contributed by atoms with Gasteiger partial charge in [0.05, 0.1) is 23.1 Å². The number of nitrogens with zero attached hydrogens (tertiary/aromatic N) is 2. The van der Waals surface area contributed by atoms with Crippen molar-refractivity contribution in [3.8, 4) is 0 Å². The first kappa shape index (κ1) is 20.4. The number of nitrogens with one attached hydrogen (secondary N) is 1. The second-order valence-electron chi connectivity index (χ2n) is 9.20. The molecule has 0 bridgehead atoms. The Hall–Kier alpha value is -3.20. The highest BCUT2D eigenvalue weighted by Gasteiger charge is 2.74. The third kappa shape index (κ3) is 2.40. The first-order valence-corrected chi connectivity index (χ1v) is 10.9. The molecule has 3 saturated heterocycles. The van der Waals surface area contributed by atoms with Crippen molar-refractivity contribution in [2.45, 2.75) is 37.5 Å². The minimum absolute atomic E-state index is 0.383. The number of fused-ring (bicyclic) bond motifs is 7. The molecule has 0 aromatic heterocycles. The van der Waals surface area contributed by atoms with Crippen LogP contribution in [0.15, 0.2) is 42.5 Å². The molecule has 3 amide bonds. The molecule has 6 rings (SSSR count). The van der Waals surface area contributed by atoms with Crippen molar-refractivity contribution in [1.29, 1.82) is 0 Å². The predicted octanol–water partition coefficient (Wildman–Crippen LogP) is 3.45. The molecule has 0 saturated carbocycles. The molecule has 1 N–H and O–H groups in total. The number of imide groups is 1. The number of benzene rings is 2. The van der Waals surface area contributed by atoms with Gasteiger partial charge in [-0.1, -0.05) is 29.8 Å². The van der Waals surface area contributed by atoms with Crippen molar-refractivity contribution in [2.75, 3.05) is 16.8 Å². The number of amides is 3. The average Bonchev–Trinajstić information content (AvgIpc) is 3.46. The fourth-order valence-corrected chi connectivity index (χ4v) is 6.46. The highest BCUT2D eigenvalue weighted by Crippen LogP contribution is 2.61. The number of aryl methyl sites for hydroxylation is 1. The molecule has 170 valence electrons. The van der Waals surface area contributed by atoms with Gasteiger partial charge in [-0.3, -0.25) is 19.3 Å². The maximum atomic E-state index is 13.8. The molecule has 2 aromatic rings. The fourth-order valence-electron chi connectivity index (χ4n) is 6.46. The van der Waals surface area contributed by atoms with E-state index in [1.54, 1.807) is 6.07 Å². The minimum atomic E-state index is -4.74. The van der Waals surface area contributed by atoms with Crippen LogP contribution >= 0.6 is 0 Å². The van der Waals surface area contributed by atoms with Gasteiger partial charge in [0, 0.05) is 17.3 Å². The lowest BCUT2D eigenvalue weighted by Crippen LogP contribution is -2.54. The molecular formula is C24H20F3N3O3. The summed E-state index contributed by atoms with van der Waals surface area (Å²) in [7, 11) is 0. The average molecular weight is 455 g/mol. The first-order chi connectivity index (χ1) is 15.7. The molecule has 4 aliphatic rings. The summed E-state index contributed by atoms with van der Waals surface area (Å²) in [5.41, 5.74) is -0.833. The van der Waals surface area contributed by atoms with Crippen LogP contribution in [0.4, 0.5) is 24.5 Å². The Bertz CT molecular complexity index is 1240. The summed E-state index contributed by atoms with van der Waals surface area (Å²) in [6.07, 6.45) is -3.39. The third-order valence-corrected chi connectivity index (χ3v) is 7.60. The summed E-state index contributed by atoms with van der Waals surface area (Å²) in [5, 5.41) is 2.87. The van der Waals surface area contributed by atoms with Gasteiger partial charge in [-0.25, -0.2) is 4.90 Å². The number of hydrogen-bond donors (Lipinski definition) is 1. The number of carbonyl (C=O) groups is 3. The third-order valence-electron chi connectivity index (χ3n) is 7.60. The smallest absolute Gasteiger partial charge is 0.324 e. The van der Waals surface area contributed by atoms with Crippen LogP contribution in [-0.4, -0.2) is 35.2 Å². The first-order valence-electron chi connectivity index (χ1n) is 10.9. The van der Waals surface area contributed by atoms with Crippen molar-refractivity contribution in [2.24, 2.45) is 11.8 Å². The molecule has 33 heavy (non-hydrogen) atoms. The van der Waals surface area contributed by atoms with E-state index in [-0.39, 0.29) is 6.04 Å². The Balaban J connectivity index is 1.56. The lowest BCUT2D eigenvalue weighted by molar-refractivity contribution is -0.138. The van der Waals surface area contributed by atoms with E-state index in [0.717, 1.165) is 24.1 Å². The van der Waals surface area contributed by atoms with E-state index in [1.165, 1.54) is 12.1 Å². The quantitative estimate of drug-likeness (QED) is 0.669. The van der Waals surface area contributed by atoms with Crippen LogP contribution < -0.4 is 10.2 Å². The predicted molar refractivity (Wildman–Crippen MR) is 112 cm³/mol. The molecule has 0 radical (unpaired) electrons. The van der Waals surface area contributed by atoms with Crippen LogP contribution in [0.3, 0.4) is 0 Å². The Kier molecular flexibility index (Phi) is 3.98. The van der Waals surface area contributed by atoms with Crippen molar-refractivity contribution < 1.29 is 27.6 Å². The molecule has 9 heteroatoms. The van der Waals surface area contributed by atoms with E-state index in [1.807, 2.05) is 24.0 Å². The largest absolute Gasteiger partial charge is 0.418 e. The maximum Gasteiger partial charge on any atom is 0.418 e. The Morgan fingerprint density at radius 3 is 2.58 bits per heavy atom. The molecule has 3 fully saturated rings. The van der Waals surface area contributed by atoms with Crippen LogP contribution in [0.2, 0.25) is 0 Å². The van der Waals surface area contributed by atoms with Gasteiger partial charge in [0.1, 0.15) is 5.54 Å². The van der Waals surface area contributed by atoms with Gasteiger partial charge in [0.15, 0.2) is 0 Å². The Morgan fingerprint density at radius 1 is 1.06 bits per heavy atom. The van der Waals surface area contributed by atoms with Crippen molar-refractivity contribution in [3.05, 3.63) is 59.2 Å². The van der Waals surface area contributed by atoms with Crippen LogP contribution in [0.25, 0.3) is 0 Å². The van der Waals surface area contributed by atoms with Gasteiger partial charge < -0.3 is 5.32 Å². The molecular weight excluding hydrogens is 435 g/mol. The zero-order valence-corrected chi connectivity index (χ0v) is 17.6. The zero-order valence-electron chi connectivity index (χ0n) is 17.6. The molecule has 4 atom stereocenters. The number of hydrogen-bond acceptors (Lipinski definition) is 4. The number of alkyl halides is 3. The highest BCUT2D eigenvalue weighted by molar-refractivity contribution is 6.26. The van der Waals surface area contributed by atoms with Gasteiger partial charge in [-0.05, 0) is 44.5 Å². The van der Waals surface area contributed by atoms with E-state index >= 15 is 0 Å². The molecule has 2 aromatic carbocycles. The topological polar surface area (TPSA) is 69.7 Å². The Labute approximate surface area is 187 Å². The highest BCUT2D eigenvalue weighted by atomic mass is 19.4. The summed E-state index contributed by atoms with van der Waals surface area (Å²) in [6, 6.07) is 9.68. The van der Waals surface area contributed by atoms with E-state index in [9.17, 15) is 27.6 Å². The van der Waals surface area contributed by atoms with E-state index in [4.69, 9.17) is 0 Å². The number of carbonyl (C=O) groups excluding carboxylic acids is 3. The molecule has 0 unspecified atom stereocenters. The molecule has 1 spiro atoms. The minimum Gasteiger partial charge on any atom is -0.324 e. The van der Waals surface area contributed by atoms with Crippen molar-refractivity contribution in [1.82, 2.24) is 4.90 Å². The van der Waals surface area contributed by atoms with E-state index in [0.29, 0.717) is 29.1 Å². The Morgan fingerprint density at radius 2 is 1.82 bits per heavy atom. The van der Waals surface area contributed by atoms with Crippen LogP contribution in [0, 0.1) is 18.8 Å². The molecule has 4 heterocycles. The summed E-state index contributed by atoms with van der Waals surface area (Å²) in [6.45, 7) is 2.41. The summed E-state index contributed by atoms with van der Waals surface area (Å²) >= 11 is 0. The van der Waals surface area contributed by atoms with Crippen LogP contribution in [0.5, 0.6) is 0 Å². The molecule has 0 aliphatic carbocycles. The summed E-state index contributed by atoms with van der Waals surface area (Å²) < 4.78 is 41.2. The van der Waals surface area contributed by atoms with E-state index < -0.39 is 52.5 Å². The lowest BCUT2D eigenvalue weighted by Gasteiger charge is -2.37. The SMILES string of the molecule is Cc1ccc2c(c1)[C@]1(C(=O)N2)[C@H]2C(=O)N(c3ccccc3C(F)(F)F)C(=O)[C@@H]2[C@H]2CCCN21. The number of rotatable bonds is 1. The lowest BCUT2D eigenvalue weighted by atomic mass is 9.75. The van der Waals surface area contributed by atoms with Gasteiger partial charge in [0.25, 0.3) is 0 Å². The van der Waals surface area contributed by atoms with Gasteiger partial charge >= 0.3 is 6.18 Å². The summed E-state index contributed by atoms with van der Waals surface area (Å²) in [4.78, 5) is 43.7. The second kappa shape index (κ2) is 6.44. The van der Waals surface area contributed by atoms with Crippen molar-refractivity contribution >= 4 is 29.1 Å². The molecule has 6 nitrogen and oxygen atoms in total. The van der Waals surface area contributed by atoms with E-state index in [2.05, 4.69) is 5.32 Å². The normalized spacial score (nSPS) is 30.7. The fraction of sp³-hybridized carbons (Fsp3) is 0.375. The van der Waals surface area contributed by atoms with Gasteiger partial charge in [-0.2, -0.15) is 13.2 Å². The zero-order chi connectivity index (χ0) is 23.3. The van der Waals surface area contributed by atoms with Crippen LogP contribution in [0.1, 0.15) is 29.5 Å². The second-order valence-corrected chi connectivity index (χ2v) is 9.20. The van der Waals surface area contributed by atoms with Gasteiger partial charge in [-0.15, -0.1) is 0 Å². The number of para-hydroxylation sites is 1. The standard InChI is InChI=1S/C24H20F3N3O3/c1-12-8-9-15-14(11-12)23(22(33)28-15)19-18(17-7-4-10-29(17)23)20(31)30(21(19)32)16-6-3-2-5-13(16)24(25,26)27/h2-3,5-6,8-9,11,17-19H,4,7,10H2,1H3,(H,28,33)/t17-,18-,19-,23-/m1/s1. The van der Waals surface area contributed by atoms with Crippen molar-refractivity contribution in [3.63, 3.8) is 0 Å².